The number of nitrogens with two attached hydrogens (primary N) is 2. The van der Waals surface area contributed by atoms with Gasteiger partial charge in [-0.1, -0.05) is 70.1 Å². The van der Waals surface area contributed by atoms with Crippen LogP contribution in [0.2, 0.25) is 0 Å². The summed E-state index contributed by atoms with van der Waals surface area (Å²) in [6, 6.07) is 12.5. The SMILES string of the molecule is CCCCCCCCC1CCC(C(=O)Oc2ccc(/C=C/C(=O)OCCc3ccc(N)cc3N)cc2)CC1. The van der Waals surface area contributed by atoms with E-state index < -0.39 is 5.97 Å². The first kappa shape index (κ1) is 29.3. The first-order valence-electron chi connectivity index (χ1n) is 14.2. The van der Waals surface area contributed by atoms with Crippen molar-refractivity contribution in [3.8, 4) is 5.75 Å². The Kier molecular flexibility index (Phi) is 12.2. The van der Waals surface area contributed by atoms with Crippen LogP contribution in [0.3, 0.4) is 0 Å². The molecule has 2 aromatic carbocycles. The highest BCUT2D eigenvalue weighted by Crippen LogP contribution is 2.33. The quantitative estimate of drug-likeness (QED) is 0.0904. The van der Waals surface area contributed by atoms with E-state index in [1.54, 1.807) is 30.3 Å². The lowest BCUT2D eigenvalue weighted by Gasteiger charge is -2.27. The van der Waals surface area contributed by atoms with Gasteiger partial charge in [0, 0.05) is 23.9 Å². The van der Waals surface area contributed by atoms with E-state index in [1.807, 2.05) is 18.2 Å². The van der Waals surface area contributed by atoms with Crippen LogP contribution in [-0.2, 0) is 20.7 Å². The summed E-state index contributed by atoms with van der Waals surface area (Å²) in [6.45, 7) is 2.48. The minimum Gasteiger partial charge on any atom is -0.462 e. The van der Waals surface area contributed by atoms with Crippen molar-refractivity contribution in [1.29, 1.82) is 0 Å². The molecule has 2 aromatic rings. The van der Waals surface area contributed by atoms with Gasteiger partial charge in [-0.2, -0.15) is 0 Å². The molecule has 1 fully saturated rings. The summed E-state index contributed by atoms with van der Waals surface area (Å²) in [7, 11) is 0. The molecule has 6 nitrogen and oxygen atoms in total. The minimum absolute atomic E-state index is 0.00580. The Morgan fingerprint density at radius 3 is 2.34 bits per heavy atom. The molecule has 206 valence electrons. The predicted molar refractivity (Wildman–Crippen MR) is 154 cm³/mol. The molecule has 0 aliphatic heterocycles. The van der Waals surface area contributed by atoms with Crippen molar-refractivity contribution in [2.75, 3.05) is 18.1 Å². The van der Waals surface area contributed by atoms with Crippen LogP contribution in [0.4, 0.5) is 11.4 Å². The number of unbranched alkanes of at least 4 members (excludes halogenated alkanes) is 5. The molecule has 4 N–H and O–H groups in total. The van der Waals surface area contributed by atoms with Gasteiger partial charge in [-0.25, -0.2) is 4.79 Å². The standard InChI is InChI=1S/C32H44N2O4/c1-2-3-4-5-6-7-8-24-9-14-27(15-10-24)32(36)38-29-18-11-25(12-19-29)13-20-31(35)37-22-21-26-16-17-28(33)23-30(26)34/h11-13,16-20,23-24,27H,2-10,14-15,21-22,33-34H2,1H3/b20-13+. The van der Waals surface area contributed by atoms with E-state index >= 15 is 0 Å². The van der Waals surface area contributed by atoms with Crippen molar-refractivity contribution in [2.45, 2.75) is 84.0 Å². The van der Waals surface area contributed by atoms with E-state index in [9.17, 15) is 9.59 Å². The molecule has 0 spiro atoms. The molecule has 1 aliphatic rings. The lowest BCUT2D eigenvalue weighted by molar-refractivity contribution is -0.140. The Morgan fingerprint density at radius 1 is 0.921 bits per heavy atom. The first-order chi connectivity index (χ1) is 18.4. The minimum atomic E-state index is -0.429. The summed E-state index contributed by atoms with van der Waals surface area (Å²) in [5, 5.41) is 0. The van der Waals surface area contributed by atoms with Crippen LogP contribution in [0.25, 0.3) is 6.08 Å². The molecule has 0 radical (unpaired) electrons. The molecule has 3 rings (SSSR count). The molecule has 0 unspecified atom stereocenters. The molecule has 6 heteroatoms. The monoisotopic (exact) mass is 520 g/mol. The van der Waals surface area contributed by atoms with Crippen molar-refractivity contribution < 1.29 is 19.1 Å². The van der Waals surface area contributed by atoms with E-state index in [0.29, 0.717) is 23.5 Å². The van der Waals surface area contributed by atoms with Crippen LogP contribution in [0.5, 0.6) is 5.75 Å². The van der Waals surface area contributed by atoms with Gasteiger partial charge >= 0.3 is 11.9 Å². The van der Waals surface area contributed by atoms with E-state index in [4.69, 9.17) is 20.9 Å². The van der Waals surface area contributed by atoms with Crippen molar-refractivity contribution in [2.24, 2.45) is 11.8 Å². The third-order valence-corrected chi connectivity index (χ3v) is 7.44. The van der Waals surface area contributed by atoms with E-state index in [1.165, 1.54) is 51.0 Å². The molecule has 0 aromatic heterocycles. The van der Waals surface area contributed by atoms with Crippen LogP contribution >= 0.6 is 0 Å². The highest BCUT2D eigenvalue weighted by molar-refractivity contribution is 5.87. The summed E-state index contributed by atoms with van der Waals surface area (Å²) in [5.74, 6) is 0.732. The molecule has 1 saturated carbocycles. The number of hydrogen-bond donors (Lipinski definition) is 2. The number of benzene rings is 2. The molecule has 0 bridgehead atoms. The first-order valence-corrected chi connectivity index (χ1v) is 14.2. The fraction of sp³-hybridized carbons (Fsp3) is 0.500. The lowest BCUT2D eigenvalue weighted by Crippen LogP contribution is -2.25. The molecule has 38 heavy (non-hydrogen) atoms. The van der Waals surface area contributed by atoms with Gasteiger partial charge in [0.05, 0.1) is 12.5 Å². The van der Waals surface area contributed by atoms with Crippen LogP contribution in [0.15, 0.2) is 48.5 Å². The summed E-state index contributed by atoms with van der Waals surface area (Å²) in [5.41, 5.74) is 14.5. The maximum Gasteiger partial charge on any atom is 0.330 e. The average molecular weight is 521 g/mol. The zero-order chi connectivity index (χ0) is 27.2. The Labute approximate surface area is 227 Å². The largest absolute Gasteiger partial charge is 0.462 e. The topological polar surface area (TPSA) is 105 Å². The normalized spacial score (nSPS) is 17.4. The van der Waals surface area contributed by atoms with Gasteiger partial charge in [-0.05, 0) is 73.1 Å². The lowest BCUT2D eigenvalue weighted by atomic mass is 9.80. The number of esters is 2. The zero-order valence-corrected chi connectivity index (χ0v) is 22.8. The number of carbonyl (C=O) groups is 2. The molecular formula is C32H44N2O4. The summed E-state index contributed by atoms with van der Waals surface area (Å²) in [4.78, 5) is 24.7. The summed E-state index contributed by atoms with van der Waals surface area (Å²) < 4.78 is 10.9. The van der Waals surface area contributed by atoms with Gasteiger partial charge in [0.25, 0.3) is 0 Å². The molecule has 0 atom stereocenters. The van der Waals surface area contributed by atoms with Crippen molar-refractivity contribution in [1.82, 2.24) is 0 Å². The van der Waals surface area contributed by atoms with Gasteiger partial charge in [0.2, 0.25) is 0 Å². The van der Waals surface area contributed by atoms with Gasteiger partial charge < -0.3 is 20.9 Å². The number of anilines is 2. The van der Waals surface area contributed by atoms with Gasteiger partial charge in [0.1, 0.15) is 5.75 Å². The van der Waals surface area contributed by atoms with Gasteiger partial charge in [-0.15, -0.1) is 0 Å². The number of hydrogen-bond acceptors (Lipinski definition) is 6. The van der Waals surface area contributed by atoms with Crippen LogP contribution in [0.1, 0.15) is 88.7 Å². The van der Waals surface area contributed by atoms with E-state index in [-0.39, 0.29) is 18.5 Å². The van der Waals surface area contributed by atoms with Crippen LogP contribution in [0, 0.1) is 11.8 Å². The van der Waals surface area contributed by atoms with Crippen molar-refractivity contribution in [3.63, 3.8) is 0 Å². The molecular weight excluding hydrogens is 476 g/mol. The molecule has 1 aliphatic carbocycles. The second kappa shape index (κ2) is 15.9. The number of nitrogen functional groups attached to an aromatic ring is 2. The van der Waals surface area contributed by atoms with E-state index in [2.05, 4.69) is 6.92 Å². The second-order valence-corrected chi connectivity index (χ2v) is 10.5. The predicted octanol–water partition coefficient (Wildman–Crippen LogP) is 7.11. The number of carbonyl (C=O) groups excluding carboxylic acids is 2. The highest BCUT2D eigenvalue weighted by atomic mass is 16.5. The van der Waals surface area contributed by atoms with Crippen LogP contribution in [-0.4, -0.2) is 18.5 Å². The Balaban J connectivity index is 1.33. The van der Waals surface area contributed by atoms with Crippen LogP contribution < -0.4 is 16.2 Å². The number of ether oxygens (including phenoxy) is 2. The molecule has 0 amide bonds. The molecule has 0 saturated heterocycles. The Hall–Kier alpha value is -3.28. The summed E-state index contributed by atoms with van der Waals surface area (Å²) in [6.07, 6.45) is 17.0. The third-order valence-electron chi connectivity index (χ3n) is 7.44. The van der Waals surface area contributed by atoms with Gasteiger partial charge in [-0.3, -0.25) is 4.79 Å². The average Bonchev–Trinajstić information content (AvgIpc) is 2.92. The maximum absolute atomic E-state index is 12.7. The van der Waals surface area contributed by atoms with Gasteiger partial charge in [0.15, 0.2) is 0 Å². The smallest absolute Gasteiger partial charge is 0.330 e. The Bertz CT molecular complexity index is 1040. The second-order valence-electron chi connectivity index (χ2n) is 10.5. The third kappa shape index (κ3) is 10.2. The Morgan fingerprint density at radius 2 is 1.63 bits per heavy atom. The molecule has 0 heterocycles. The highest BCUT2D eigenvalue weighted by Gasteiger charge is 2.27. The fourth-order valence-electron chi connectivity index (χ4n) is 5.06. The number of rotatable bonds is 14. The summed E-state index contributed by atoms with van der Waals surface area (Å²) >= 11 is 0. The van der Waals surface area contributed by atoms with Crippen molar-refractivity contribution >= 4 is 29.4 Å². The maximum atomic E-state index is 12.7. The van der Waals surface area contributed by atoms with E-state index in [0.717, 1.165) is 42.7 Å². The zero-order valence-electron chi connectivity index (χ0n) is 22.8. The fourth-order valence-corrected chi connectivity index (χ4v) is 5.06. The van der Waals surface area contributed by atoms with Crippen molar-refractivity contribution in [3.05, 3.63) is 59.7 Å².